The van der Waals surface area contributed by atoms with E-state index in [1.807, 2.05) is 13.1 Å². The minimum atomic E-state index is -0.746. The van der Waals surface area contributed by atoms with Crippen LogP contribution in [0, 0.1) is 18.7 Å². The van der Waals surface area contributed by atoms with Crippen LogP contribution in [0.4, 0.5) is 8.78 Å². The summed E-state index contributed by atoms with van der Waals surface area (Å²) in [5, 5.41) is 0. The van der Waals surface area contributed by atoms with Crippen LogP contribution in [0.3, 0.4) is 0 Å². The lowest BCUT2D eigenvalue weighted by Crippen LogP contribution is -2.20. The molecule has 0 aliphatic carbocycles. The number of benzene rings is 1. The quantitative estimate of drug-likeness (QED) is 0.898. The molecule has 1 aliphatic heterocycles. The Morgan fingerprint density at radius 2 is 2.17 bits per heavy atom. The third-order valence-corrected chi connectivity index (χ3v) is 3.93. The number of likely N-dealkylation sites (tertiary alicyclic amines) is 1. The van der Waals surface area contributed by atoms with E-state index in [1.165, 1.54) is 6.07 Å². The van der Waals surface area contributed by atoms with Crippen LogP contribution in [0.15, 0.2) is 12.1 Å². The second-order valence-electron chi connectivity index (χ2n) is 5.22. The van der Waals surface area contributed by atoms with E-state index in [2.05, 4.69) is 4.90 Å². The molecule has 18 heavy (non-hydrogen) atoms. The smallest absolute Gasteiger partial charge is 0.129 e. The van der Waals surface area contributed by atoms with E-state index >= 15 is 0 Å². The number of halogens is 2. The van der Waals surface area contributed by atoms with Crippen LogP contribution in [-0.2, 0) is 6.67 Å². The van der Waals surface area contributed by atoms with E-state index in [4.69, 9.17) is 5.73 Å². The normalized spacial score (nSPS) is 24.7. The molecular weight excluding hydrogens is 234 g/mol. The van der Waals surface area contributed by atoms with Gasteiger partial charge in [-0.05, 0) is 50.0 Å². The molecule has 0 saturated carbocycles. The van der Waals surface area contributed by atoms with Crippen molar-refractivity contribution in [3.63, 3.8) is 0 Å². The van der Waals surface area contributed by atoms with E-state index in [0.29, 0.717) is 18.0 Å². The zero-order valence-electron chi connectivity index (χ0n) is 10.9. The van der Waals surface area contributed by atoms with Gasteiger partial charge in [0.1, 0.15) is 12.5 Å². The third kappa shape index (κ3) is 2.40. The Bertz CT molecular complexity index is 411. The summed E-state index contributed by atoms with van der Waals surface area (Å²) in [6.45, 7) is 2.61. The molecule has 0 amide bonds. The Morgan fingerprint density at radius 1 is 1.44 bits per heavy atom. The van der Waals surface area contributed by atoms with E-state index in [9.17, 15) is 8.78 Å². The topological polar surface area (TPSA) is 29.3 Å². The van der Waals surface area contributed by atoms with Gasteiger partial charge in [0.2, 0.25) is 0 Å². The van der Waals surface area contributed by atoms with Gasteiger partial charge in [-0.25, -0.2) is 8.78 Å². The van der Waals surface area contributed by atoms with Crippen LogP contribution in [0.25, 0.3) is 0 Å². The van der Waals surface area contributed by atoms with Crippen LogP contribution in [0.2, 0.25) is 0 Å². The maximum atomic E-state index is 13.8. The number of nitrogens with two attached hydrogens (primary N) is 1. The van der Waals surface area contributed by atoms with Crippen molar-refractivity contribution >= 4 is 0 Å². The second-order valence-corrected chi connectivity index (χ2v) is 5.22. The molecule has 0 spiro atoms. The van der Waals surface area contributed by atoms with Crippen molar-refractivity contribution < 1.29 is 8.78 Å². The summed E-state index contributed by atoms with van der Waals surface area (Å²) in [5.74, 6) is 0.0290. The Kier molecular flexibility index (Phi) is 3.97. The van der Waals surface area contributed by atoms with Crippen molar-refractivity contribution in [1.29, 1.82) is 0 Å². The van der Waals surface area contributed by atoms with Crippen LogP contribution in [0.1, 0.15) is 29.2 Å². The summed E-state index contributed by atoms with van der Waals surface area (Å²) in [6.07, 6.45) is 0.945. The van der Waals surface area contributed by atoms with Gasteiger partial charge in [-0.3, -0.25) is 4.90 Å². The first kappa shape index (κ1) is 13.4. The molecule has 1 heterocycles. The Balaban J connectivity index is 2.29. The summed E-state index contributed by atoms with van der Waals surface area (Å²) >= 11 is 0. The third-order valence-electron chi connectivity index (χ3n) is 3.93. The SMILES string of the molecule is Cc1cc(C2CC(CN)CN2C)cc(F)c1CF. The molecule has 1 saturated heterocycles. The maximum Gasteiger partial charge on any atom is 0.129 e. The average Bonchev–Trinajstić information content (AvgIpc) is 2.70. The molecular formula is C14H20F2N2. The number of nitrogens with zero attached hydrogens (tertiary/aromatic N) is 1. The van der Waals surface area contributed by atoms with Gasteiger partial charge >= 0.3 is 0 Å². The van der Waals surface area contributed by atoms with Gasteiger partial charge in [0.25, 0.3) is 0 Å². The van der Waals surface area contributed by atoms with Gasteiger partial charge in [0.05, 0.1) is 0 Å². The monoisotopic (exact) mass is 254 g/mol. The van der Waals surface area contributed by atoms with Gasteiger partial charge in [0.15, 0.2) is 0 Å². The molecule has 4 heteroatoms. The van der Waals surface area contributed by atoms with Crippen molar-refractivity contribution in [3.05, 3.63) is 34.6 Å². The first-order chi connectivity index (χ1) is 8.56. The molecule has 100 valence electrons. The van der Waals surface area contributed by atoms with Crippen molar-refractivity contribution in [3.8, 4) is 0 Å². The second kappa shape index (κ2) is 5.33. The highest BCUT2D eigenvalue weighted by molar-refractivity contribution is 5.34. The molecule has 1 aliphatic rings. The van der Waals surface area contributed by atoms with Crippen molar-refractivity contribution in [1.82, 2.24) is 4.90 Å². The zero-order valence-corrected chi connectivity index (χ0v) is 10.9. The first-order valence-corrected chi connectivity index (χ1v) is 6.32. The molecule has 1 aromatic rings. The molecule has 2 N–H and O–H groups in total. The van der Waals surface area contributed by atoms with Crippen LogP contribution in [-0.4, -0.2) is 25.0 Å². The van der Waals surface area contributed by atoms with E-state index < -0.39 is 12.5 Å². The Morgan fingerprint density at radius 3 is 2.67 bits per heavy atom. The molecule has 2 unspecified atom stereocenters. The lowest BCUT2D eigenvalue weighted by atomic mass is 9.96. The molecule has 2 rings (SSSR count). The van der Waals surface area contributed by atoms with E-state index in [0.717, 1.165) is 18.5 Å². The van der Waals surface area contributed by atoms with Crippen molar-refractivity contribution in [2.24, 2.45) is 11.7 Å². The molecule has 0 bridgehead atoms. The fourth-order valence-electron chi connectivity index (χ4n) is 2.83. The van der Waals surface area contributed by atoms with Crippen molar-refractivity contribution in [2.45, 2.75) is 26.1 Å². The largest absolute Gasteiger partial charge is 0.330 e. The molecule has 2 nitrogen and oxygen atoms in total. The van der Waals surface area contributed by atoms with Gasteiger partial charge in [-0.1, -0.05) is 6.07 Å². The number of rotatable bonds is 3. The number of aryl methyl sites for hydroxylation is 1. The lowest BCUT2D eigenvalue weighted by Gasteiger charge is -2.21. The number of hydrogen-bond acceptors (Lipinski definition) is 2. The number of hydrogen-bond donors (Lipinski definition) is 1. The summed E-state index contributed by atoms with van der Waals surface area (Å²) in [7, 11) is 2.02. The Hall–Kier alpha value is -1.00. The first-order valence-electron chi connectivity index (χ1n) is 6.32. The van der Waals surface area contributed by atoms with E-state index in [-0.39, 0.29) is 11.6 Å². The van der Waals surface area contributed by atoms with E-state index in [1.54, 1.807) is 6.92 Å². The molecule has 2 atom stereocenters. The summed E-state index contributed by atoms with van der Waals surface area (Å²) in [5.41, 5.74) is 7.49. The van der Waals surface area contributed by atoms with Gasteiger partial charge in [-0.2, -0.15) is 0 Å². The Labute approximate surface area is 107 Å². The van der Waals surface area contributed by atoms with Gasteiger partial charge in [-0.15, -0.1) is 0 Å². The summed E-state index contributed by atoms with van der Waals surface area (Å²) < 4.78 is 26.5. The van der Waals surface area contributed by atoms with Gasteiger partial charge in [0, 0.05) is 18.2 Å². The predicted molar refractivity (Wildman–Crippen MR) is 68.5 cm³/mol. The molecule has 1 fully saturated rings. The summed E-state index contributed by atoms with van der Waals surface area (Å²) in [6, 6.07) is 3.57. The minimum absolute atomic E-state index is 0.176. The lowest BCUT2D eigenvalue weighted by molar-refractivity contribution is 0.312. The van der Waals surface area contributed by atoms with Gasteiger partial charge < -0.3 is 5.73 Å². The summed E-state index contributed by atoms with van der Waals surface area (Å²) in [4.78, 5) is 2.20. The standard InChI is InChI=1S/C14H20F2N2/c1-9-3-11(5-13(16)12(9)6-15)14-4-10(7-17)8-18(14)2/h3,5,10,14H,4,6-8,17H2,1-2H3. The fourth-order valence-corrected chi connectivity index (χ4v) is 2.83. The van der Waals surface area contributed by atoms with Crippen molar-refractivity contribution in [2.75, 3.05) is 20.1 Å². The maximum absolute atomic E-state index is 13.8. The fraction of sp³-hybridized carbons (Fsp3) is 0.571. The highest BCUT2D eigenvalue weighted by Gasteiger charge is 2.30. The van der Waals surface area contributed by atoms with Crippen LogP contribution in [0.5, 0.6) is 0 Å². The average molecular weight is 254 g/mol. The number of alkyl halides is 1. The predicted octanol–water partition coefficient (Wildman–Crippen LogP) is 2.56. The highest BCUT2D eigenvalue weighted by Crippen LogP contribution is 2.35. The molecule has 0 aromatic heterocycles. The van der Waals surface area contributed by atoms with Crippen LogP contribution < -0.4 is 5.73 Å². The highest BCUT2D eigenvalue weighted by atomic mass is 19.1. The van der Waals surface area contributed by atoms with Crippen LogP contribution >= 0.6 is 0 Å². The molecule has 0 radical (unpaired) electrons. The minimum Gasteiger partial charge on any atom is -0.330 e. The zero-order chi connectivity index (χ0) is 13.3. The molecule has 1 aromatic carbocycles.